The van der Waals surface area contributed by atoms with Gasteiger partial charge < -0.3 is 4.90 Å². The molecule has 1 aromatic rings. The van der Waals surface area contributed by atoms with E-state index in [1.165, 1.54) is 0 Å². The summed E-state index contributed by atoms with van der Waals surface area (Å²) in [6.45, 7) is 0.396. The fourth-order valence-corrected chi connectivity index (χ4v) is 4.63. The molecular weight excluding hydrogens is 447 g/mol. The summed E-state index contributed by atoms with van der Waals surface area (Å²) < 4.78 is 24.1. The van der Waals surface area contributed by atoms with E-state index in [4.69, 9.17) is 5.14 Å². The molecule has 1 aliphatic rings. The first-order valence-corrected chi connectivity index (χ1v) is 9.11. The largest absolute Gasteiger partial charge is 0.311 e. The van der Waals surface area contributed by atoms with Crippen LogP contribution in [-0.2, 0) is 14.8 Å². The lowest BCUT2D eigenvalue weighted by Gasteiger charge is -2.18. The Hall–Kier alpha value is -0.190. The van der Waals surface area contributed by atoms with Crippen LogP contribution in [0.5, 0.6) is 0 Å². The van der Waals surface area contributed by atoms with Crippen LogP contribution in [0.2, 0.25) is 0 Å². The molecule has 5 nitrogen and oxygen atoms in total. The van der Waals surface area contributed by atoms with E-state index in [1.54, 1.807) is 4.90 Å². The van der Waals surface area contributed by atoms with Crippen LogP contribution in [0.3, 0.4) is 0 Å². The highest BCUT2D eigenvalue weighted by molar-refractivity contribution is 14.1. The molecule has 0 bridgehead atoms. The Morgan fingerprint density at radius 3 is 2.74 bits per heavy atom. The van der Waals surface area contributed by atoms with Gasteiger partial charge in [-0.2, -0.15) is 0 Å². The zero-order valence-corrected chi connectivity index (χ0v) is 14.4. The molecule has 0 aromatic heterocycles. The van der Waals surface area contributed by atoms with Crippen molar-refractivity contribution in [2.24, 2.45) is 11.1 Å². The van der Waals surface area contributed by atoms with Gasteiger partial charge in [0.25, 0.3) is 0 Å². The molecule has 0 spiro atoms. The number of carbonyl (C=O) groups is 1. The second-order valence-electron chi connectivity index (χ2n) is 4.50. The van der Waals surface area contributed by atoms with Crippen molar-refractivity contribution < 1.29 is 13.2 Å². The zero-order chi connectivity index (χ0) is 14.2. The lowest BCUT2D eigenvalue weighted by atomic mass is 10.1. The molecule has 1 amide bonds. The quantitative estimate of drug-likeness (QED) is 0.700. The Morgan fingerprint density at radius 2 is 2.16 bits per heavy atom. The molecular formula is C11H12BrIN2O3S. The van der Waals surface area contributed by atoms with Crippen molar-refractivity contribution in [2.45, 2.75) is 6.42 Å². The van der Waals surface area contributed by atoms with Crippen molar-refractivity contribution in [1.29, 1.82) is 0 Å². The minimum Gasteiger partial charge on any atom is -0.311 e. The fourth-order valence-electron chi connectivity index (χ4n) is 2.15. The van der Waals surface area contributed by atoms with Crippen molar-refractivity contribution in [3.05, 3.63) is 26.2 Å². The number of hydrogen-bond donors (Lipinski definition) is 1. The number of halogens is 2. The van der Waals surface area contributed by atoms with E-state index in [1.807, 2.05) is 18.2 Å². The summed E-state index contributed by atoms with van der Waals surface area (Å²) >= 11 is 5.52. The van der Waals surface area contributed by atoms with E-state index in [0.717, 1.165) is 13.7 Å². The number of hydrogen-bond acceptors (Lipinski definition) is 3. The highest BCUT2D eigenvalue weighted by Crippen LogP contribution is 2.31. The van der Waals surface area contributed by atoms with Crippen molar-refractivity contribution in [2.75, 3.05) is 17.2 Å². The molecule has 1 aromatic carbocycles. The maximum atomic E-state index is 12.0. The number of rotatable bonds is 3. The summed E-state index contributed by atoms with van der Waals surface area (Å²) in [5.41, 5.74) is 0.811. The molecule has 1 atom stereocenters. The number of anilines is 1. The van der Waals surface area contributed by atoms with Crippen molar-refractivity contribution in [1.82, 2.24) is 0 Å². The first-order valence-electron chi connectivity index (χ1n) is 5.52. The number of amides is 1. The van der Waals surface area contributed by atoms with Crippen LogP contribution in [0.4, 0.5) is 5.69 Å². The number of benzene rings is 1. The summed E-state index contributed by atoms with van der Waals surface area (Å²) in [5, 5.41) is 5.03. The summed E-state index contributed by atoms with van der Waals surface area (Å²) in [5.74, 6) is -0.446. The number of nitrogens with zero attached hydrogens (tertiary/aromatic N) is 1. The Kier molecular flexibility index (Phi) is 4.53. The Labute approximate surface area is 133 Å². The van der Waals surface area contributed by atoms with Crippen LogP contribution in [0.1, 0.15) is 6.42 Å². The van der Waals surface area contributed by atoms with E-state index < -0.39 is 10.0 Å². The molecule has 104 valence electrons. The Balaban J connectivity index is 2.20. The summed E-state index contributed by atoms with van der Waals surface area (Å²) in [6, 6.07) is 5.62. The van der Waals surface area contributed by atoms with Crippen LogP contribution < -0.4 is 10.0 Å². The average molecular weight is 459 g/mol. The van der Waals surface area contributed by atoms with Gasteiger partial charge in [-0.1, -0.05) is 15.9 Å². The van der Waals surface area contributed by atoms with Gasteiger partial charge in [0, 0.05) is 26.9 Å². The maximum Gasteiger partial charge on any atom is 0.227 e. The number of sulfonamides is 1. The smallest absolute Gasteiger partial charge is 0.227 e. The summed E-state index contributed by atoms with van der Waals surface area (Å²) in [7, 11) is -3.54. The predicted molar refractivity (Wildman–Crippen MR) is 85.3 cm³/mol. The monoisotopic (exact) mass is 458 g/mol. The normalized spacial score (nSPS) is 20.1. The molecule has 1 unspecified atom stereocenters. The third kappa shape index (κ3) is 3.89. The van der Waals surface area contributed by atoms with Crippen LogP contribution in [0.15, 0.2) is 22.7 Å². The van der Waals surface area contributed by atoms with Gasteiger partial charge in [-0.3, -0.25) is 4.79 Å². The third-order valence-electron chi connectivity index (χ3n) is 2.87. The summed E-state index contributed by atoms with van der Waals surface area (Å²) in [6.07, 6.45) is 0.225. The van der Waals surface area contributed by atoms with Gasteiger partial charge in [0.2, 0.25) is 15.9 Å². The van der Waals surface area contributed by atoms with E-state index >= 15 is 0 Å². The van der Waals surface area contributed by atoms with Crippen LogP contribution in [0, 0.1) is 9.49 Å². The van der Waals surface area contributed by atoms with Crippen molar-refractivity contribution in [3.63, 3.8) is 0 Å². The summed E-state index contributed by atoms with van der Waals surface area (Å²) in [4.78, 5) is 13.6. The van der Waals surface area contributed by atoms with Crippen molar-refractivity contribution in [3.8, 4) is 0 Å². The standard InChI is InChI=1S/C11H12BrIN2O3S/c12-8-1-2-10(9(13)4-8)15-5-7(3-11(15)16)6-19(14,17)18/h1-2,4,7H,3,5-6H2,(H2,14,17,18). The average Bonchev–Trinajstić information content (AvgIpc) is 2.56. The van der Waals surface area contributed by atoms with Gasteiger partial charge in [0.05, 0.1) is 11.4 Å². The van der Waals surface area contributed by atoms with Gasteiger partial charge in [0.15, 0.2) is 0 Å². The van der Waals surface area contributed by atoms with E-state index in [2.05, 4.69) is 38.5 Å². The third-order valence-corrected chi connectivity index (χ3v) is 5.17. The minimum atomic E-state index is -3.54. The van der Waals surface area contributed by atoms with Crippen LogP contribution in [0.25, 0.3) is 0 Å². The van der Waals surface area contributed by atoms with Crippen molar-refractivity contribution >= 4 is 60.1 Å². The highest BCUT2D eigenvalue weighted by atomic mass is 127. The minimum absolute atomic E-state index is 0.0612. The van der Waals surface area contributed by atoms with Gasteiger partial charge in [-0.25, -0.2) is 13.6 Å². The molecule has 19 heavy (non-hydrogen) atoms. The second kappa shape index (κ2) is 5.66. The van der Waals surface area contributed by atoms with E-state index in [9.17, 15) is 13.2 Å². The van der Waals surface area contributed by atoms with Crippen LogP contribution >= 0.6 is 38.5 Å². The molecule has 0 aliphatic carbocycles. The first kappa shape index (κ1) is 15.2. The second-order valence-corrected chi connectivity index (χ2v) is 8.24. The maximum absolute atomic E-state index is 12.0. The molecule has 1 aliphatic heterocycles. The molecule has 8 heteroatoms. The molecule has 1 saturated heterocycles. The number of nitrogens with two attached hydrogens (primary N) is 1. The first-order chi connectivity index (χ1) is 8.76. The van der Waals surface area contributed by atoms with Gasteiger partial charge in [-0.05, 0) is 40.8 Å². The lowest BCUT2D eigenvalue weighted by Crippen LogP contribution is -2.28. The van der Waals surface area contributed by atoms with Crippen LogP contribution in [-0.4, -0.2) is 26.6 Å². The topological polar surface area (TPSA) is 80.5 Å². The fraction of sp³-hybridized carbons (Fsp3) is 0.364. The Morgan fingerprint density at radius 1 is 1.47 bits per heavy atom. The zero-order valence-electron chi connectivity index (χ0n) is 9.84. The lowest BCUT2D eigenvalue weighted by molar-refractivity contribution is -0.117. The molecule has 1 heterocycles. The molecule has 0 saturated carbocycles. The van der Waals surface area contributed by atoms with E-state index in [0.29, 0.717) is 6.54 Å². The molecule has 1 fully saturated rings. The van der Waals surface area contributed by atoms with Gasteiger partial charge in [-0.15, -0.1) is 0 Å². The predicted octanol–water partition coefficient (Wildman–Crippen LogP) is 1.70. The molecule has 2 N–H and O–H groups in total. The SMILES string of the molecule is NS(=O)(=O)CC1CC(=O)N(c2ccc(Br)cc2I)C1. The van der Waals surface area contributed by atoms with Gasteiger partial charge >= 0.3 is 0 Å². The number of primary sulfonamides is 1. The number of carbonyl (C=O) groups excluding carboxylic acids is 1. The molecule has 2 rings (SSSR count). The van der Waals surface area contributed by atoms with Gasteiger partial charge in [0.1, 0.15) is 0 Å². The Bertz CT molecular complexity index is 620. The molecule has 0 radical (unpaired) electrons. The van der Waals surface area contributed by atoms with E-state index in [-0.39, 0.29) is 24.0 Å². The highest BCUT2D eigenvalue weighted by Gasteiger charge is 2.33.